The summed E-state index contributed by atoms with van der Waals surface area (Å²) in [5, 5.41) is 8.54. The number of hydrogen-bond donors (Lipinski definition) is 1. The first kappa shape index (κ1) is 12.1. The average molecular weight is 227 g/mol. The second-order valence-corrected chi connectivity index (χ2v) is 4.35. The first-order chi connectivity index (χ1) is 5.66. The number of rotatable bonds is 1. The molecule has 12 heavy (non-hydrogen) atoms. The molecule has 0 saturated carbocycles. The summed E-state index contributed by atoms with van der Waals surface area (Å²) in [6.07, 6.45) is 0. The van der Waals surface area contributed by atoms with Crippen molar-refractivity contribution in [3.63, 3.8) is 0 Å². The third kappa shape index (κ3) is 8.17. The summed E-state index contributed by atoms with van der Waals surface area (Å²) in [5.41, 5.74) is 0.965. The van der Waals surface area contributed by atoms with Gasteiger partial charge in [0.25, 0.3) is 0 Å². The van der Waals surface area contributed by atoms with Gasteiger partial charge in [0.05, 0.1) is 6.61 Å². The molecule has 0 heterocycles. The van der Waals surface area contributed by atoms with E-state index in [1.54, 1.807) is 0 Å². The third-order valence-electron chi connectivity index (χ3n) is 1.03. The van der Waals surface area contributed by atoms with Crippen LogP contribution in [0.4, 0.5) is 0 Å². The minimum atomic E-state index is -1.67. The summed E-state index contributed by atoms with van der Waals surface area (Å²) < 4.78 is 9.09. The molecule has 1 aromatic rings. The van der Waals surface area contributed by atoms with Crippen LogP contribution in [-0.4, -0.2) is 9.66 Å². The first-order valence-corrected chi connectivity index (χ1v) is 5.86. The maximum atomic E-state index is 9.09. The topological polar surface area (TPSA) is 43.3 Å². The molecule has 0 aliphatic heterocycles. The van der Waals surface area contributed by atoms with Gasteiger partial charge in [0.15, 0.2) is 31.0 Å². The molecule has 0 fully saturated rings. The van der Waals surface area contributed by atoms with Gasteiger partial charge < -0.3 is 9.66 Å². The average Bonchev–Trinajstić information content (AvgIpc) is 2.05. The standard InChI is InChI=1S/C7H8O.Cl2OS/c8-6-7-4-2-1-3-5-7;1-4(2)3/h1-5,8H,6H2;. The lowest BCUT2D eigenvalue weighted by molar-refractivity contribution is 0.282. The minimum Gasteiger partial charge on any atom is -0.582 e. The minimum absolute atomic E-state index is 0.140. The highest BCUT2D eigenvalue weighted by molar-refractivity contribution is 8.31. The number of aliphatic hydroxyl groups is 1. The van der Waals surface area contributed by atoms with Crippen LogP contribution in [0.5, 0.6) is 0 Å². The smallest absolute Gasteiger partial charge is 0.198 e. The third-order valence-corrected chi connectivity index (χ3v) is 1.03. The van der Waals surface area contributed by atoms with Crippen LogP contribution in [0.1, 0.15) is 5.56 Å². The number of hydrogen-bond acceptors (Lipinski definition) is 2. The molecule has 1 rings (SSSR count). The SMILES string of the molecule is OCc1ccccc1.[O-][S+](Cl)Cl. The van der Waals surface area contributed by atoms with E-state index in [0.29, 0.717) is 0 Å². The van der Waals surface area contributed by atoms with Crippen LogP contribution in [0.15, 0.2) is 30.3 Å². The van der Waals surface area contributed by atoms with Crippen molar-refractivity contribution in [1.29, 1.82) is 0 Å². The van der Waals surface area contributed by atoms with Crippen molar-refractivity contribution in [3.8, 4) is 0 Å². The largest absolute Gasteiger partial charge is 0.582 e. The molecule has 0 aliphatic carbocycles. The lowest BCUT2D eigenvalue weighted by Crippen LogP contribution is -1.77. The Balaban J connectivity index is 0.000000261. The van der Waals surface area contributed by atoms with Gasteiger partial charge in [-0.1, -0.05) is 30.3 Å². The van der Waals surface area contributed by atoms with Crippen molar-refractivity contribution in [3.05, 3.63) is 35.9 Å². The van der Waals surface area contributed by atoms with Crippen LogP contribution in [0, 0.1) is 0 Å². The molecule has 0 aromatic heterocycles. The fourth-order valence-electron chi connectivity index (χ4n) is 0.583. The second kappa shape index (κ2) is 7.71. The van der Waals surface area contributed by atoms with E-state index in [1.165, 1.54) is 0 Å². The molecular formula is C7H8Cl2O2S. The fraction of sp³-hybridized carbons (Fsp3) is 0.143. The van der Waals surface area contributed by atoms with E-state index >= 15 is 0 Å². The van der Waals surface area contributed by atoms with Crippen molar-refractivity contribution in [2.45, 2.75) is 6.61 Å². The number of aliphatic hydroxyl groups excluding tert-OH is 1. The molecule has 0 atom stereocenters. The summed E-state index contributed by atoms with van der Waals surface area (Å²) in [6, 6.07) is 9.52. The predicted octanol–water partition coefficient (Wildman–Crippen LogP) is 2.22. The van der Waals surface area contributed by atoms with E-state index in [-0.39, 0.29) is 6.61 Å². The van der Waals surface area contributed by atoms with Gasteiger partial charge in [0, 0.05) is 0 Å². The predicted molar refractivity (Wildman–Crippen MR) is 52.2 cm³/mol. The molecule has 0 saturated heterocycles. The van der Waals surface area contributed by atoms with Gasteiger partial charge in [-0.2, -0.15) is 0 Å². The van der Waals surface area contributed by atoms with E-state index in [2.05, 4.69) is 21.4 Å². The lowest BCUT2D eigenvalue weighted by atomic mass is 10.2. The van der Waals surface area contributed by atoms with E-state index in [0.717, 1.165) is 5.56 Å². The zero-order valence-electron chi connectivity index (χ0n) is 6.11. The zero-order valence-corrected chi connectivity index (χ0v) is 8.44. The molecule has 0 spiro atoms. The number of halogens is 2. The van der Waals surface area contributed by atoms with Crippen LogP contribution in [0.25, 0.3) is 0 Å². The lowest BCUT2D eigenvalue weighted by Gasteiger charge is -1.89. The quantitative estimate of drug-likeness (QED) is 0.747. The normalized spacial score (nSPS) is 9.08. The van der Waals surface area contributed by atoms with Crippen LogP contribution in [0.2, 0.25) is 0 Å². The van der Waals surface area contributed by atoms with Crippen molar-refractivity contribution in [2.75, 3.05) is 0 Å². The van der Waals surface area contributed by atoms with Crippen LogP contribution >= 0.6 is 21.4 Å². The Hall–Kier alpha value is 0.0700. The maximum Gasteiger partial charge on any atom is 0.198 e. The van der Waals surface area contributed by atoms with Crippen LogP contribution < -0.4 is 0 Å². The van der Waals surface area contributed by atoms with Crippen molar-refractivity contribution < 1.29 is 9.66 Å². The second-order valence-electron chi connectivity index (χ2n) is 1.83. The molecule has 68 valence electrons. The Morgan fingerprint density at radius 1 is 1.25 bits per heavy atom. The Morgan fingerprint density at radius 3 is 1.92 bits per heavy atom. The summed E-state index contributed by atoms with van der Waals surface area (Å²) in [5.74, 6) is 0. The van der Waals surface area contributed by atoms with Crippen LogP contribution in [0.3, 0.4) is 0 Å². The fourth-order valence-corrected chi connectivity index (χ4v) is 0.583. The van der Waals surface area contributed by atoms with E-state index in [4.69, 9.17) is 9.66 Å². The molecule has 5 heteroatoms. The van der Waals surface area contributed by atoms with Gasteiger partial charge in [-0.25, -0.2) is 0 Å². The molecule has 1 aromatic carbocycles. The monoisotopic (exact) mass is 226 g/mol. The molecule has 0 aliphatic rings. The van der Waals surface area contributed by atoms with E-state index in [9.17, 15) is 0 Å². The molecule has 0 unspecified atom stereocenters. The van der Waals surface area contributed by atoms with Crippen molar-refractivity contribution in [1.82, 2.24) is 0 Å². The summed E-state index contributed by atoms with van der Waals surface area (Å²) in [6.45, 7) is 0.140. The van der Waals surface area contributed by atoms with Crippen molar-refractivity contribution in [2.24, 2.45) is 0 Å². The highest BCUT2D eigenvalue weighted by atomic mass is 36.0. The Kier molecular flexibility index (Phi) is 7.75. The molecule has 2 nitrogen and oxygen atoms in total. The highest BCUT2D eigenvalue weighted by Gasteiger charge is 1.83. The van der Waals surface area contributed by atoms with Crippen molar-refractivity contribution >= 4 is 31.0 Å². The van der Waals surface area contributed by atoms with E-state index < -0.39 is 9.60 Å². The molecule has 1 N–H and O–H groups in total. The highest BCUT2D eigenvalue weighted by Crippen LogP contribution is 1.98. The summed E-state index contributed by atoms with van der Waals surface area (Å²) in [7, 11) is 7.36. The molecular weight excluding hydrogens is 219 g/mol. The van der Waals surface area contributed by atoms with Gasteiger partial charge in [0.1, 0.15) is 0 Å². The Morgan fingerprint density at radius 2 is 1.67 bits per heavy atom. The zero-order chi connectivity index (χ0) is 9.40. The van der Waals surface area contributed by atoms with Gasteiger partial charge in [-0.3, -0.25) is 0 Å². The van der Waals surface area contributed by atoms with Gasteiger partial charge >= 0.3 is 0 Å². The van der Waals surface area contributed by atoms with E-state index in [1.807, 2.05) is 30.3 Å². The summed E-state index contributed by atoms with van der Waals surface area (Å²) >= 11 is 0. The van der Waals surface area contributed by atoms with Gasteiger partial charge in [0.2, 0.25) is 0 Å². The summed E-state index contributed by atoms with van der Waals surface area (Å²) in [4.78, 5) is 0. The Bertz CT molecular complexity index is 191. The molecule has 0 bridgehead atoms. The van der Waals surface area contributed by atoms with Crippen LogP contribution in [-0.2, 0) is 16.2 Å². The Labute approximate surface area is 83.3 Å². The molecule has 0 radical (unpaired) electrons. The van der Waals surface area contributed by atoms with Gasteiger partial charge in [-0.15, -0.1) is 0 Å². The number of benzene rings is 1. The molecule has 0 amide bonds. The van der Waals surface area contributed by atoms with Gasteiger partial charge in [-0.05, 0) is 5.56 Å². The first-order valence-electron chi connectivity index (χ1n) is 3.06. The maximum absolute atomic E-state index is 9.09.